The van der Waals surface area contributed by atoms with Crippen LogP contribution in [0.2, 0.25) is 0 Å². The molecule has 0 fully saturated rings. The molecule has 0 aromatic heterocycles. The predicted octanol–water partition coefficient (Wildman–Crippen LogP) is 5.48. The zero-order chi connectivity index (χ0) is 24.9. The molecule has 0 atom stereocenters. The third-order valence-electron chi connectivity index (χ3n) is 5.23. The van der Waals surface area contributed by atoms with E-state index in [9.17, 15) is 13.2 Å². The summed E-state index contributed by atoms with van der Waals surface area (Å²) < 4.78 is 28.5. The van der Waals surface area contributed by atoms with Crippen LogP contribution in [-0.2, 0) is 20.2 Å². The van der Waals surface area contributed by atoms with Crippen LogP contribution in [0.4, 0.5) is 5.69 Å². The van der Waals surface area contributed by atoms with Crippen LogP contribution < -0.4 is 9.73 Å². The number of hydrogen-bond acceptors (Lipinski definition) is 4. The number of halogens is 1. The summed E-state index contributed by atoms with van der Waals surface area (Å²) in [5, 5.41) is 4.19. The Kier molecular flexibility index (Phi) is 7.94. The lowest BCUT2D eigenvalue weighted by Crippen LogP contribution is -2.39. The van der Waals surface area contributed by atoms with Gasteiger partial charge >= 0.3 is 0 Å². The maximum Gasteiger partial charge on any atom is 0.264 e. The predicted molar refractivity (Wildman–Crippen MR) is 141 cm³/mol. The molecule has 0 heterocycles. The van der Waals surface area contributed by atoms with Crippen molar-refractivity contribution in [2.24, 2.45) is 5.10 Å². The molecule has 6 nitrogen and oxygen atoms in total. The number of carbonyl (C=O) groups is 1. The van der Waals surface area contributed by atoms with E-state index in [2.05, 4.69) is 47.2 Å². The van der Waals surface area contributed by atoms with E-state index in [1.807, 2.05) is 24.3 Å². The van der Waals surface area contributed by atoms with Gasteiger partial charge in [0.15, 0.2) is 0 Å². The van der Waals surface area contributed by atoms with Crippen LogP contribution in [0.25, 0.3) is 0 Å². The molecule has 178 valence electrons. The van der Waals surface area contributed by atoms with Crippen LogP contribution >= 0.6 is 15.9 Å². The SMILES string of the molecule is C/C(=N/NC(=O)CN(c1cccc(Br)c1)S(=O)(=O)c1ccccc1)c1ccc(C(C)(C)C)cc1. The monoisotopic (exact) mass is 541 g/mol. The number of amides is 1. The van der Waals surface area contributed by atoms with Crippen LogP contribution in [0.1, 0.15) is 38.8 Å². The standard InChI is InChI=1S/C26H28BrN3O3S/c1-19(20-13-15-21(16-14-20)26(2,3)4)28-29-25(31)18-30(23-10-8-9-22(27)17-23)34(32,33)24-11-6-5-7-12-24/h5-17H,18H2,1-4H3,(H,29,31)/b28-19-. The van der Waals surface area contributed by atoms with Crippen LogP contribution in [-0.4, -0.2) is 26.6 Å². The van der Waals surface area contributed by atoms with Gasteiger partial charge in [-0.3, -0.25) is 9.10 Å². The van der Waals surface area contributed by atoms with Gasteiger partial charge in [-0.15, -0.1) is 0 Å². The van der Waals surface area contributed by atoms with Crippen LogP contribution in [0.3, 0.4) is 0 Å². The Morgan fingerprint density at radius 1 is 0.971 bits per heavy atom. The molecule has 0 radical (unpaired) electrons. The number of rotatable bonds is 7. The van der Waals surface area contributed by atoms with E-state index in [-0.39, 0.29) is 10.3 Å². The van der Waals surface area contributed by atoms with E-state index in [4.69, 9.17) is 0 Å². The number of anilines is 1. The molecule has 0 aliphatic carbocycles. The third kappa shape index (κ3) is 6.33. The molecular formula is C26H28BrN3O3S. The summed E-state index contributed by atoms with van der Waals surface area (Å²) in [5.41, 5.74) is 5.59. The maximum absolute atomic E-state index is 13.3. The highest BCUT2D eigenvalue weighted by Gasteiger charge is 2.27. The van der Waals surface area contributed by atoms with Gasteiger partial charge in [-0.25, -0.2) is 13.8 Å². The van der Waals surface area contributed by atoms with Gasteiger partial charge < -0.3 is 0 Å². The van der Waals surface area contributed by atoms with E-state index in [0.29, 0.717) is 15.9 Å². The largest absolute Gasteiger partial charge is 0.271 e. The number of benzene rings is 3. The van der Waals surface area contributed by atoms with Gasteiger partial charge in [0.25, 0.3) is 15.9 Å². The van der Waals surface area contributed by atoms with Crippen molar-refractivity contribution in [2.45, 2.75) is 38.0 Å². The minimum atomic E-state index is -3.97. The fraction of sp³-hybridized carbons (Fsp3) is 0.231. The van der Waals surface area contributed by atoms with E-state index in [1.54, 1.807) is 49.4 Å². The van der Waals surface area contributed by atoms with Crippen LogP contribution in [0.15, 0.2) is 93.3 Å². The van der Waals surface area contributed by atoms with Crippen molar-refractivity contribution in [1.82, 2.24) is 5.43 Å². The molecule has 0 saturated carbocycles. The van der Waals surface area contributed by atoms with Crippen molar-refractivity contribution in [3.63, 3.8) is 0 Å². The van der Waals surface area contributed by atoms with Gasteiger partial charge in [0, 0.05) is 4.47 Å². The van der Waals surface area contributed by atoms with Gasteiger partial charge in [0.1, 0.15) is 6.54 Å². The lowest BCUT2D eigenvalue weighted by molar-refractivity contribution is -0.119. The molecule has 1 amide bonds. The minimum Gasteiger partial charge on any atom is -0.271 e. The molecular weight excluding hydrogens is 514 g/mol. The number of hydrogen-bond donors (Lipinski definition) is 1. The molecule has 0 saturated heterocycles. The molecule has 3 rings (SSSR count). The average molecular weight is 542 g/mol. The summed E-state index contributed by atoms with van der Waals surface area (Å²) in [4.78, 5) is 12.9. The van der Waals surface area contributed by atoms with Crippen LogP contribution in [0, 0.1) is 0 Å². The van der Waals surface area contributed by atoms with Crippen molar-refractivity contribution < 1.29 is 13.2 Å². The zero-order valence-corrected chi connectivity index (χ0v) is 22.0. The highest BCUT2D eigenvalue weighted by molar-refractivity contribution is 9.10. The normalized spacial score (nSPS) is 12.3. The highest BCUT2D eigenvalue weighted by atomic mass is 79.9. The van der Waals surface area contributed by atoms with Crippen LogP contribution in [0.5, 0.6) is 0 Å². The van der Waals surface area contributed by atoms with Gasteiger partial charge in [0.2, 0.25) is 0 Å². The van der Waals surface area contributed by atoms with Crippen molar-refractivity contribution in [3.05, 3.63) is 94.5 Å². The fourth-order valence-electron chi connectivity index (χ4n) is 3.25. The lowest BCUT2D eigenvalue weighted by Gasteiger charge is -2.24. The molecule has 0 spiro atoms. The first-order valence-electron chi connectivity index (χ1n) is 10.8. The Morgan fingerprint density at radius 3 is 2.21 bits per heavy atom. The van der Waals surface area contributed by atoms with Crippen molar-refractivity contribution in [1.29, 1.82) is 0 Å². The average Bonchev–Trinajstić information content (AvgIpc) is 2.81. The van der Waals surface area contributed by atoms with Gasteiger partial charge in [-0.2, -0.15) is 5.10 Å². The quantitative estimate of drug-likeness (QED) is 0.317. The molecule has 34 heavy (non-hydrogen) atoms. The zero-order valence-electron chi connectivity index (χ0n) is 19.6. The Morgan fingerprint density at radius 2 is 1.62 bits per heavy atom. The lowest BCUT2D eigenvalue weighted by atomic mass is 9.86. The first-order chi connectivity index (χ1) is 16.0. The maximum atomic E-state index is 13.3. The summed E-state index contributed by atoms with van der Waals surface area (Å²) in [6, 6.07) is 22.8. The van der Waals surface area contributed by atoms with E-state index in [0.717, 1.165) is 9.87 Å². The second-order valence-corrected chi connectivity index (χ2v) is 11.6. The molecule has 0 bridgehead atoms. The van der Waals surface area contributed by atoms with E-state index >= 15 is 0 Å². The molecule has 0 unspecified atom stereocenters. The van der Waals surface area contributed by atoms with E-state index < -0.39 is 22.5 Å². The second-order valence-electron chi connectivity index (χ2n) is 8.86. The summed E-state index contributed by atoms with van der Waals surface area (Å²) in [5.74, 6) is -0.551. The molecule has 8 heteroatoms. The molecule has 0 aliphatic heterocycles. The third-order valence-corrected chi connectivity index (χ3v) is 7.51. The number of carbonyl (C=O) groups excluding carboxylic acids is 1. The molecule has 3 aromatic rings. The van der Waals surface area contributed by atoms with Crippen molar-refractivity contribution >= 4 is 43.3 Å². The molecule has 0 aliphatic rings. The molecule has 1 N–H and O–H groups in total. The summed E-state index contributed by atoms with van der Waals surface area (Å²) in [6.07, 6.45) is 0. The van der Waals surface area contributed by atoms with Gasteiger partial charge in [0.05, 0.1) is 16.3 Å². The first-order valence-corrected chi connectivity index (χ1v) is 13.0. The highest BCUT2D eigenvalue weighted by Crippen LogP contribution is 2.26. The number of hydrazone groups is 1. The topological polar surface area (TPSA) is 78.8 Å². The smallest absolute Gasteiger partial charge is 0.264 e. The Labute approximate surface area is 209 Å². The van der Waals surface area contributed by atoms with Gasteiger partial charge in [-0.1, -0.05) is 85.2 Å². The first kappa shape index (κ1) is 25.6. The van der Waals surface area contributed by atoms with Crippen molar-refractivity contribution in [3.8, 4) is 0 Å². The number of nitrogens with one attached hydrogen (secondary N) is 1. The second kappa shape index (κ2) is 10.5. The Balaban J connectivity index is 1.82. The van der Waals surface area contributed by atoms with E-state index in [1.165, 1.54) is 17.7 Å². The number of sulfonamides is 1. The Bertz CT molecular complexity index is 1280. The molecule has 3 aromatic carbocycles. The summed E-state index contributed by atoms with van der Waals surface area (Å²) in [7, 11) is -3.97. The number of nitrogens with zero attached hydrogens (tertiary/aromatic N) is 2. The van der Waals surface area contributed by atoms with Crippen molar-refractivity contribution in [2.75, 3.05) is 10.8 Å². The minimum absolute atomic E-state index is 0.0396. The Hall–Kier alpha value is -2.97. The fourth-order valence-corrected chi connectivity index (χ4v) is 5.07. The summed E-state index contributed by atoms with van der Waals surface area (Å²) in [6.45, 7) is 7.80. The summed E-state index contributed by atoms with van der Waals surface area (Å²) >= 11 is 3.37. The van der Waals surface area contributed by atoms with Gasteiger partial charge in [-0.05, 0) is 53.8 Å².